The number of hydrogen-bond acceptors (Lipinski definition) is 2. The van der Waals surface area contributed by atoms with Crippen molar-refractivity contribution in [2.45, 2.75) is 58.4 Å². The third-order valence-electron chi connectivity index (χ3n) is 4.11. The molecule has 2 nitrogen and oxygen atoms in total. The molecule has 0 bridgehead atoms. The van der Waals surface area contributed by atoms with Gasteiger partial charge in [-0.05, 0) is 57.0 Å². The molecule has 17 heavy (non-hydrogen) atoms. The SMILES string of the molecule is CC1CC(C)CN(CCCCCNC2CC2)C1. The number of hydrogen-bond donors (Lipinski definition) is 1. The molecule has 0 aromatic heterocycles. The summed E-state index contributed by atoms with van der Waals surface area (Å²) in [6, 6.07) is 0.888. The van der Waals surface area contributed by atoms with Crippen LogP contribution < -0.4 is 5.32 Å². The van der Waals surface area contributed by atoms with Crippen LogP contribution in [-0.4, -0.2) is 37.1 Å². The van der Waals surface area contributed by atoms with Gasteiger partial charge in [0.25, 0.3) is 0 Å². The number of nitrogens with zero attached hydrogens (tertiary/aromatic N) is 1. The van der Waals surface area contributed by atoms with Gasteiger partial charge in [0.1, 0.15) is 0 Å². The topological polar surface area (TPSA) is 15.3 Å². The standard InChI is InChI=1S/C15H30N2/c1-13-10-14(2)12-17(11-13)9-5-3-4-8-16-15-6-7-15/h13-16H,3-12H2,1-2H3. The zero-order valence-corrected chi connectivity index (χ0v) is 11.8. The van der Waals surface area contributed by atoms with Crippen LogP contribution in [0.1, 0.15) is 52.4 Å². The van der Waals surface area contributed by atoms with Gasteiger partial charge < -0.3 is 10.2 Å². The molecule has 1 heterocycles. The van der Waals surface area contributed by atoms with Crippen LogP contribution in [0.5, 0.6) is 0 Å². The average molecular weight is 238 g/mol. The summed E-state index contributed by atoms with van der Waals surface area (Å²) in [6.07, 6.45) is 8.44. The number of nitrogens with one attached hydrogen (secondary N) is 1. The summed E-state index contributed by atoms with van der Waals surface area (Å²) in [4.78, 5) is 2.69. The Balaban J connectivity index is 1.46. The average Bonchev–Trinajstić information content (AvgIpc) is 3.05. The highest BCUT2D eigenvalue weighted by molar-refractivity contribution is 4.80. The van der Waals surface area contributed by atoms with Gasteiger partial charge >= 0.3 is 0 Å². The molecule has 2 aliphatic rings. The second-order valence-electron chi connectivity index (χ2n) is 6.49. The molecule has 0 amide bonds. The fourth-order valence-electron chi connectivity index (χ4n) is 3.21. The monoisotopic (exact) mass is 238 g/mol. The van der Waals surface area contributed by atoms with E-state index in [1.165, 1.54) is 64.7 Å². The molecule has 2 atom stereocenters. The first kappa shape index (κ1) is 13.4. The zero-order chi connectivity index (χ0) is 12.1. The predicted molar refractivity (Wildman–Crippen MR) is 74.3 cm³/mol. The molecule has 0 radical (unpaired) electrons. The van der Waals surface area contributed by atoms with Gasteiger partial charge in [-0.25, -0.2) is 0 Å². The Morgan fingerprint density at radius 1 is 1.00 bits per heavy atom. The Bertz CT molecular complexity index is 203. The summed E-state index contributed by atoms with van der Waals surface area (Å²) < 4.78 is 0. The lowest BCUT2D eigenvalue weighted by Crippen LogP contribution is -2.39. The molecule has 1 aliphatic heterocycles. The lowest BCUT2D eigenvalue weighted by atomic mass is 9.92. The number of likely N-dealkylation sites (tertiary alicyclic amines) is 1. The quantitative estimate of drug-likeness (QED) is 0.686. The molecule has 2 unspecified atom stereocenters. The summed E-state index contributed by atoms with van der Waals surface area (Å²) in [6.45, 7) is 10.1. The highest BCUT2D eigenvalue weighted by Gasteiger charge is 2.21. The van der Waals surface area contributed by atoms with Crippen molar-refractivity contribution in [3.05, 3.63) is 0 Å². The predicted octanol–water partition coefficient (Wildman–Crippen LogP) is 2.89. The van der Waals surface area contributed by atoms with Gasteiger partial charge in [0.2, 0.25) is 0 Å². The van der Waals surface area contributed by atoms with Gasteiger partial charge in [0.15, 0.2) is 0 Å². The second kappa shape index (κ2) is 6.75. The largest absolute Gasteiger partial charge is 0.314 e. The van der Waals surface area contributed by atoms with Crippen molar-refractivity contribution >= 4 is 0 Å². The van der Waals surface area contributed by atoms with Crippen molar-refractivity contribution in [1.82, 2.24) is 10.2 Å². The van der Waals surface area contributed by atoms with E-state index >= 15 is 0 Å². The van der Waals surface area contributed by atoms with Gasteiger partial charge in [0.05, 0.1) is 0 Å². The fraction of sp³-hybridized carbons (Fsp3) is 1.00. The molecule has 2 heteroatoms. The molecular weight excluding hydrogens is 208 g/mol. The highest BCUT2D eigenvalue weighted by Crippen LogP contribution is 2.21. The first-order valence-electron chi connectivity index (χ1n) is 7.70. The number of unbranched alkanes of at least 4 members (excludes halogenated alkanes) is 2. The van der Waals surface area contributed by atoms with E-state index in [0.717, 1.165) is 17.9 Å². The lowest BCUT2D eigenvalue weighted by Gasteiger charge is -2.34. The molecule has 2 rings (SSSR count). The minimum atomic E-state index is 0.888. The van der Waals surface area contributed by atoms with Gasteiger partial charge in [-0.3, -0.25) is 0 Å². The summed E-state index contributed by atoms with van der Waals surface area (Å²) >= 11 is 0. The molecular formula is C15H30N2. The molecule has 0 aromatic rings. The first-order chi connectivity index (χ1) is 8.24. The molecule has 1 saturated heterocycles. The van der Waals surface area contributed by atoms with Crippen molar-refractivity contribution in [1.29, 1.82) is 0 Å². The first-order valence-corrected chi connectivity index (χ1v) is 7.70. The number of rotatable bonds is 7. The van der Waals surface area contributed by atoms with E-state index in [1.54, 1.807) is 0 Å². The van der Waals surface area contributed by atoms with Crippen LogP contribution in [0.2, 0.25) is 0 Å². The third kappa shape index (κ3) is 5.39. The summed E-state index contributed by atoms with van der Waals surface area (Å²) in [7, 11) is 0. The molecule has 1 N–H and O–H groups in total. The van der Waals surface area contributed by atoms with Crippen molar-refractivity contribution in [3.8, 4) is 0 Å². The Morgan fingerprint density at radius 3 is 2.35 bits per heavy atom. The molecule has 0 spiro atoms. The van der Waals surface area contributed by atoms with E-state index in [0.29, 0.717) is 0 Å². The maximum atomic E-state index is 3.60. The van der Waals surface area contributed by atoms with Crippen LogP contribution in [0, 0.1) is 11.8 Å². The van der Waals surface area contributed by atoms with Crippen LogP contribution in [0.4, 0.5) is 0 Å². The Hall–Kier alpha value is -0.0800. The third-order valence-corrected chi connectivity index (χ3v) is 4.11. The maximum absolute atomic E-state index is 3.60. The summed E-state index contributed by atoms with van der Waals surface area (Å²) in [5, 5.41) is 3.60. The van der Waals surface area contributed by atoms with E-state index in [2.05, 4.69) is 24.1 Å². The normalized spacial score (nSPS) is 30.7. The van der Waals surface area contributed by atoms with E-state index in [1.807, 2.05) is 0 Å². The molecule has 0 aromatic carbocycles. The van der Waals surface area contributed by atoms with Gasteiger partial charge in [-0.15, -0.1) is 0 Å². The minimum absolute atomic E-state index is 0.888. The van der Waals surface area contributed by atoms with E-state index in [9.17, 15) is 0 Å². The van der Waals surface area contributed by atoms with Crippen molar-refractivity contribution < 1.29 is 0 Å². The van der Waals surface area contributed by atoms with Crippen LogP contribution in [0.3, 0.4) is 0 Å². The van der Waals surface area contributed by atoms with Gasteiger partial charge in [-0.2, -0.15) is 0 Å². The van der Waals surface area contributed by atoms with E-state index in [4.69, 9.17) is 0 Å². The zero-order valence-electron chi connectivity index (χ0n) is 11.8. The number of piperidine rings is 1. The fourth-order valence-corrected chi connectivity index (χ4v) is 3.21. The Morgan fingerprint density at radius 2 is 1.71 bits per heavy atom. The minimum Gasteiger partial charge on any atom is -0.314 e. The van der Waals surface area contributed by atoms with E-state index in [-0.39, 0.29) is 0 Å². The lowest BCUT2D eigenvalue weighted by molar-refractivity contribution is 0.139. The molecule has 1 saturated carbocycles. The Labute approximate surface area is 107 Å². The highest BCUT2D eigenvalue weighted by atomic mass is 15.1. The molecule has 100 valence electrons. The Kier molecular flexibility index (Phi) is 5.30. The summed E-state index contributed by atoms with van der Waals surface area (Å²) in [5.41, 5.74) is 0. The van der Waals surface area contributed by atoms with Crippen molar-refractivity contribution in [2.75, 3.05) is 26.2 Å². The maximum Gasteiger partial charge on any atom is 0.00682 e. The van der Waals surface area contributed by atoms with Crippen LogP contribution in [0.15, 0.2) is 0 Å². The van der Waals surface area contributed by atoms with Crippen molar-refractivity contribution in [2.24, 2.45) is 11.8 Å². The summed E-state index contributed by atoms with van der Waals surface area (Å²) in [5.74, 6) is 1.82. The van der Waals surface area contributed by atoms with Crippen LogP contribution in [-0.2, 0) is 0 Å². The second-order valence-corrected chi connectivity index (χ2v) is 6.49. The smallest absolute Gasteiger partial charge is 0.00682 e. The van der Waals surface area contributed by atoms with Crippen LogP contribution >= 0.6 is 0 Å². The van der Waals surface area contributed by atoms with Gasteiger partial charge in [0, 0.05) is 19.1 Å². The molecule has 2 fully saturated rings. The van der Waals surface area contributed by atoms with Crippen molar-refractivity contribution in [3.63, 3.8) is 0 Å². The van der Waals surface area contributed by atoms with E-state index < -0.39 is 0 Å². The van der Waals surface area contributed by atoms with Gasteiger partial charge in [-0.1, -0.05) is 20.3 Å². The molecule has 1 aliphatic carbocycles. The van der Waals surface area contributed by atoms with Crippen LogP contribution in [0.25, 0.3) is 0 Å².